The molecule has 8 aromatic rings. The minimum absolute atomic E-state index is 0. The van der Waals surface area contributed by atoms with Crippen molar-refractivity contribution in [2.24, 2.45) is 0 Å². The number of furan rings is 1. The van der Waals surface area contributed by atoms with Gasteiger partial charge < -0.3 is 18.7 Å². The van der Waals surface area contributed by atoms with Crippen LogP contribution < -0.4 is 4.74 Å². The largest absolute Gasteiger partial charge is 2.00 e. The van der Waals surface area contributed by atoms with E-state index in [0.29, 0.717) is 28.9 Å². The van der Waals surface area contributed by atoms with Crippen LogP contribution in [0.4, 0.5) is 0 Å². The molecule has 4 aromatic carbocycles. The predicted octanol–water partition coefficient (Wildman–Crippen LogP) is 12.1. The molecule has 0 aliphatic carbocycles. The number of aromatic nitrogens is 3. The van der Waals surface area contributed by atoms with Crippen LogP contribution in [0.2, 0.25) is 0 Å². The predicted molar refractivity (Wildman–Crippen MR) is 197 cm³/mol. The average Bonchev–Trinajstić information content (AvgIpc) is 3.81. The second-order valence-corrected chi connectivity index (χ2v) is 15.2. The first kappa shape index (κ1) is 33.3. The molecule has 0 saturated carbocycles. The van der Waals surface area contributed by atoms with E-state index < -0.39 is 0 Å². The molecule has 0 aliphatic rings. The van der Waals surface area contributed by atoms with E-state index in [-0.39, 0.29) is 26.5 Å². The molecule has 7 heteroatoms. The molecule has 0 N–H and O–H groups in total. The molecule has 248 valence electrons. The number of rotatable bonds is 7. The quantitative estimate of drug-likeness (QED) is 0.150. The Morgan fingerprint density at radius 1 is 0.837 bits per heavy atom. The van der Waals surface area contributed by atoms with Gasteiger partial charge in [0.05, 0.1) is 17.2 Å². The molecule has 0 bridgehead atoms. The van der Waals surface area contributed by atoms with Crippen molar-refractivity contribution in [2.45, 2.75) is 65.7 Å². The Hall–Kier alpha value is -4.25. The molecular weight excluding hydrogens is 806 g/mol. The van der Waals surface area contributed by atoms with E-state index in [2.05, 4.69) is 102 Å². The van der Waals surface area contributed by atoms with E-state index in [9.17, 15) is 0 Å². The number of nitrogens with zero attached hydrogens (tertiary/aromatic N) is 3. The summed E-state index contributed by atoms with van der Waals surface area (Å²) in [6.07, 6.45) is 5.79. The Kier molecular flexibility index (Phi) is 8.53. The van der Waals surface area contributed by atoms with Crippen LogP contribution in [0.3, 0.4) is 0 Å². The summed E-state index contributed by atoms with van der Waals surface area (Å²) in [6.45, 7) is 15.6. The third-order valence-electron chi connectivity index (χ3n) is 9.12. The molecule has 0 atom stereocenters. The van der Waals surface area contributed by atoms with Crippen LogP contribution in [-0.4, -0.2) is 14.5 Å². The van der Waals surface area contributed by atoms with Crippen LogP contribution in [-0.2, 0) is 26.5 Å². The number of hydrogen-bond donors (Lipinski definition) is 0. The van der Waals surface area contributed by atoms with Crippen LogP contribution in [0.1, 0.15) is 77.0 Å². The summed E-state index contributed by atoms with van der Waals surface area (Å²) in [5, 5.41) is 2.17. The van der Waals surface area contributed by atoms with Gasteiger partial charge in [-0.05, 0) is 67.9 Å². The fourth-order valence-electron chi connectivity index (χ4n) is 6.65. The van der Waals surface area contributed by atoms with Crippen molar-refractivity contribution in [3.63, 3.8) is 0 Å². The van der Waals surface area contributed by atoms with Crippen LogP contribution in [0, 0.1) is 12.1 Å². The average molecular weight is 843 g/mol. The molecule has 0 spiro atoms. The van der Waals surface area contributed by atoms with Crippen LogP contribution >= 0.6 is 11.3 Å². The first-order valence-electron chi connectivity index (χ1n) is 16.5. The molecule has 0 aliphatic heterocycles. The Morgan fingerprint density at radius 2 is 1.57 bits per heavy atom. The van der Waals surface area contributed by atoms with Crippen molar-refractivity contribution in [1.29, 1.82) is 0 Å². The second-order valence-electron chi connectivity index (χ2n) is 14.1. The van der Waals surface area contributed by atoms with Gasteiger partial charge in [0.25, 0.3) is 0 Å². The maximum atomic E-state index is 6.69. The van der Waals surface area contributed by atoms with Gasteiger partial charge in [-0.1, -0.05) is 90.9 Å². The third-order valence-corrected chi connectivity index (χ3v) is 10.3. The Morgan fingerprint density at radius 3 is 2.31 bits per heavy atom. The molecule has 0 radical (unpaired) electrons. The molecule has 4 aromatic heterocycles. The number of thiophene rings is 1. The topological polar surface area (TPSA) is 53.1 Å². The van der Waals surface area contributed by atoms with E-state index in [0.717, 1.165) is 43.7 Å². The Labute approximate surface area is 305 Å². The zero-order chi connectivity index (χ0) is 33.3. The normalized spacial score (nSPS) is 12.2. The third kappa shape index (κ3) is 5.69. The van der Waals surface area contributed by atoms with Crippen LogP contribution in [0.5, 0.6) is 11.5 Å². The van der Waals surface area contributed by atoms with Crippen molar-refractivity contribution in [3.05, 3.63) is 114 Å². The van der Waals surface area contributed by atoms with Crippen LogP contribution in [0.15, 0.2) is 89.7 Å². The van der Waals surface area contributed by atoms with Gasteiger partial charge in [-0.25, -0.2) is 0 Å². The van der Waals surface area contributed by atoms with Crippen molar-refractivity contribution in [3.8, 4) is 39.8 Å². The van der Waals surface area contributed by atoms with Gasteiger partial charge in [0, 0.05) is 40.1 Å². The van der Waals surface area contributed by atoms with E-state index in [1.165, 1.54) is 27.1 Å². The van der Waals surface area contributed by atoms with E-state index in [4.69, 9.17) is 19.1 Å². The van der Waals surface area contributed by atoms with E-state index in [1.54, 1.807) is 11.3 Å². The Balaban J connectivity index is 0.00000378. The summed E-state index contributed by atoms with van der Waals surface area (Å²) in [7, 11) is 0. The van der Waals surface area contributed by atoms with E-state index in [1.807, 2.05) is 48.9 Å². The minimum atomic E-state index is -0.0206. The van der Waals surface area contributed by atoms with Crippen LogP contribution in [0.25, 0.3) is 59.7 Å². The summed E-state index contributed by atoms with van der Waals surface area (Å²) in [6, 6.07) is 30.1. The number of pyridine rings is 1. The number of imidazole rings is 1. The number of ether oxygens (including phenoxy) is 1. The Bertz CT molecular complexity index is 2420. The summed E-state index contributed by atoms with van der Waals surface area (Å²) in [4.78, 5) is 9.65. The van der Waals surface area contributed by atoms with Crippen molar-refractivity contribution in [2.75, 3.05) is 0 Å². The molecule has 0 saturated heterocycles. The molecule has 8 rings (SSSR count). The van der Waals surface area contributed by atoms with Gasteiger partial charge in [0.15, 0.2) is 0 Å². The standard InChI is InChI=1S/C42H37N3O2S.Pt/c1-24(2)29-13-9-14-30(25(3)4)38(29)45-20-19-44-41(45)26-11-8-12-28(21-26)46-34-23-31(32-22-27(17-18-43-32)42(5,6)7)40-37-36-33(47-39(34)37)15-10-16-35(36)48-40;/h8-20,22,24-25H,1-7H3;/q-2;+2. The first-order valence-corrected chi connectivity index (χ1v) is 17.4. The van der Waals surface area contributed by atoms with Gasteiger partial charge >= 0.3 is 21.1 Å². The molecule has 0 fully saturated rings. The maximum absolute atomic E-state index is 6.69. The second kappa shape index (κ2) is 12.6. The summed E-state index contributed by atoms with van der Waals surface area (Å²) >= 11 is 1.75. The van der Waals surface area contributed by atoms with Crippen molar-refractivity contribution < 1.29 is 30.2 Å². The van der Waals surface area contributed by atoms with Gasteiger partial charge in [-0.2, -0.15) is 11.3 Å². The first-order chi connectivity index (χ1) is 23.1. The summed E-state index contributed by atoms with van der Waals surface area (Å²) < 4.78 is 17.6. The number of para-hydroxylation sites is 1. The minimum Gasteiger partial charge on any atom is -0.497 e. The van der Waals surface area contributed by atoms with E-state index >= 15 is 0 Å². The van der Waals surface area contributed by atoms with Crippen molar-refractivity contribution >= 4 is 42.7 Å². The zero-order valence-corrected chi connectivity index (χ0v) is 31.7. The van der Waals surface area contributed by atoms with Gasteiger partial charge in [0.1, 0.15) is 5.58 Å². The molecule has 0 unspecified atom stereocenters. The SMILES string of the molecule is CC(C)c1cccc(C(C)C)c1-n1ccnc1-c1[c-]c(Oc2[c-]c(-c3cc(C(C)(C)C)ccn3)c3sc4cccc5oc2c3c54)ccc1.[Pt+2]. The van der Waals surface area contributed by atoms with Crippen molar-refractivity contribution in [1.82, 2.24) is 14.5 Å². The number of hydrogen-bond acceptors (Lipinski definition) is 5. The van der Waals surface area contributed by atoms with Gasteiger partial charge in [-0.3, -0.25) is 4.98 Å². The zero-order valence-electron chi connectivity index (χ0n) is 28.6. The molecule has 5 nitrogen and oxygen atoms in total. The molecule has 49 heavy (non-hydrogen) atoms. The van der Waals surface area contributed by atoms with Gasteiger partial charge in [0.2, 0.25) is 0 Å². The summed E-state index contributed by atoms with van der Waals surface area (Å²) in [5.41, 5.74) is 9.08. The fourth-order valence-corrected chi connectivity index (χ4v) is 7.88. The molecule has 4 heterocycles. The maximum Gasteiger partial charge on any atom is 2.00 e. The molecule has 0 amide bonds. The molecular formula is C42H37N3O2PtS. The summed E-state index contributed by atoms with van der Waals surface area (Å²) in [5.74, 6) is 2.59. The monoisotopic (exact) mass is 842 g/mol. The smallest absolute Gasteiger partial charge is 0.497 e. The number of benzene rings is 4. The van der Waals surface area contributed by atoms with Gasteiger partial charge in [-0.15, -0.1) is 29.3 Å². The fraction of sp³-hybridized carbons (Fsp3) is 0.238.